The molecular formula is C22H24N2O6. The van der Waals surface area contributed by atoms with Gasteiger partial charge in [-0.2, -0.15) is 0 Å². The summed E-state index contributed by atoms with van der Waals surface area (Å²) in [6, 6.07) is 12.4. The summed E-state index contributed by atoms with van der Waals surface area (Å²) in [4.78, 5) is 27.1. The van der Waals surface area contributed by atoms with E-state index in [0.29, 0.717) is 49.2 Å². The van der Waals surface area contributed by atoms with E-state index in [4.69, 9.17) is 18.9 Å². The lowest BCUT2D eigenvalue weighted by molar-refractivity contribution is -0.123. The number of anilines is 2. The summed E-state index contributed by atoms with van der Waals surface area (Å²) in [7, 11) is 0. The summed E-state index contributed by atoms with van der Waals surface area (Å²) < 4.78 is 21.6. The Kier molecular flexibility index (Phi) is 6.04. The standard InChI is InChI=1S/C22H24N2O6/c1-15(30-22(26)16-2-7-19-20(14-16)29-13-12-28-19)21(25)23-17-3-5-18(6-4-17)24-8-10-27-11-9-24/h2-7,14-15H,8-13H2,1H3,(H,23,25)/t15-/m0/s1. The third kappa shape index (κ3) is 4.65. The van der Waals surface area contributed by atoms with Crippen molar-refractivity contribution in [3.05, 3.63) is 48.0 Å². The molecule has 0 bridgehead atoms. The SMILES string of the molecule is C[C@H](OC(=O)c1ccc2c(c1)OCCO2)C(=O)Nc1ccc(N2CCOCC2)cc1. The number of hydrogen-bond acceptors (Lipinski definition) is 7. The van der Waals surface area contributed by atoms with Crippen molar-refractivity contribution in [3.8, 4) is 11.5 Å². The minimum atomic E-state index is -0.954. The number of ether oxygens (including phenoxy) is 4. The van der Waals surface area contributed by atoms with Crippen molar-refractivity contribution in [2.75, 3.05) is 49.7 Å². The van der Waals surface area contributed by atoms with Crippen LogP contribution in [0.5, 0.6) is 11.5 Å². The van der Waals surface area contributed by atoms with Gasteiger partial charge in [-0.3, -0.25) is 4.79 Å². The van der Waals surface area contributed by atoms with Gasteiger partial charge in [0.15, 0.2) is 17.6 Å². The molecule has 0 spiro atoms. The molecule has 2 aromatic rings. The Hall–Kier alpha value is -3.26. The lowest BCUT2D eigenvalue weighted by Gasteiger charge is -2.28. The van der Waals surface area contributed by atoms with Gasteiger partial charge >= 0.3 is 5.97 Å². The molecule has 0 saturated carbocycles. The van der Waals surface area contributed by atoms with Crippen LogP contribution in [0.25, 0.3) is 0 Å². The Balaban J connectivity index is 1.32. The number of rotatable bonds is 5. The first-order chi connectivity index (χ1) is 14.6. The first-order valence-electron chi connectivity index (χ1n) is 9.94. The fraction of sp³-hybridized carbons (Fsp3) is 0.364. The second-order valence-electron chi connectivity index (χ2n) is 7.04. The second-order valence-corrected chi connectivity index (χ2v) is 7.04. The van der Waals surface area contributed by atoms with Crippen molar-refractivity contribution < 1.29 is 28.5 Å². The number of nitrogens with zero attached hydrogens (tertiary/aromatic N) is 1. The third-order valence-electron chi connectivity index (χ3n) is 4.94. The zero-order valence-corrected chi connectivity index (χ0v) is 16.8. The van der Waals surface area contributed by atoms with Crippen molar-refractivity contribution in [3.63, 3.8) is 0 Å². The van der Waals surface area contributed by atoms with E-state index < -0.39 is 18.0 Å². The number of nitrogens with one attached hydrogen (secondary N) is 1. The first kappa shape index (κ1) is 20.0. The van der Waals surface area contributed by atoms with Crippen molar-refractivity contribution >= 4 is 23.3 Å². The van der Waals surface area contributed by atoms with Crippen molar-refractivity contribution in [1.82, 2.24) is 0 Å². The molecule has 8 nitrogen and oxygen atoms in total. The molecule has 1 saturated heterocycles. The Bertz CT molecular complexity index is 908. The van der Waals surface area contributed by atoms with Crippen LogP contribution in [-0.4, -0.2) is 57.5 Å². The van der Waals surface area contributed by atoms with E-state index in [1.807, 2.05) is 24.3 Å². The molecule has 0 aromatic heterocycles. The van der Waals surface area contributed by atoms with Gasteiger partial charge in [0.1, 0.15) is 13.2 Å². The highest BCUT2D eigenvalue weighted by atomic mass is 16.6. The second kappa shape index (κ2) is 9.04. The van der Waals surface area contributed by atoms with Crippen molar-refractivity contribution in [1.29, 1.82) is 0 Å². The number of morpholine rings is 1. The molecule has 1 amide bonds. The molecule has 158 valence electrons. The zero-order chi connectivity index (χ0) is 20.9. The summed E-state index contributed by atoms with van der Waals surface area (Å²) in [5, 5.41) is 2.77. The maximum absolute atomic E-state index is 12.4. The van der Waals surface area contributed by atoms with Gasteiger partial charge in [-0.15, -0.1) is 0 Å². The number of carbonyl (C=O) groups excluding carboxylic acids is 2. The average Bonchev–Trinajstić information content (AvgIpc) is 2.79. The molecule has 1 atom stereocenters. The zero-order valence-electron chi connectivity index (χ0n) is 16.8. The monoisotopic (exact) mass is 412 g/mol. The van der Waals surface area contributed by atoms with Gasteiger partial charge in [-0.1, -0.05) is 0 Å². The van der Waals surface area contributed by atoms with Crippen LogP contribution in [0.15, 0.2) is 42.5 Å². The molecule has 8 heteroatoms. The van der Waals surface area contributed by atoms with Crippen molar-refractivity contribution in [2.45, 2.75) is 13.0 Å². The van der Waals surface area contributed by atoms with Gasteiger partial charge in [0.2, 0.25) is 0 Å². The van der Waals surface area contributed by atoms with E-state index in [9.17, 15) is 9.59 Å². The first-order valence-corrected chi connectivity index (χ1v) is 9.94. The molecule has 2 aliphatic rings. The topological polar surface area (TPSA) is 86.3 Å². The number of hydrogen-bond donors (Lipinski definition) is 1. The highest BCUT2D eigenvalue weighted by molar-refractivity contribution is 5.97. The minimum Gasteiger partial charge on any atom is -0.486 e. The van der Waals surface area contributed by atoms with Gasteiger partial charge < -0.3 is 29.2 Å². The average molecular weight is 412 g/mol. The lowest BCUT2D eigenvalue weighted by atomic mass is 10.2. The molecule has 0 aliphatic carbocycles. The van der Waals surface area contributed by atoms with E-state index >= 15 is 0 Å². The number of amides is 1. The van der Waals surface area contributed by atoms with E-state index in [2.05, 4.69) is 10.2 Å². The quantitative estimate of drug-likeness (QED) is 0.755. The number of fused-ring (bicyclic) bond motifs is 1. The van der Waals surface area contributed by atoms with E-state index in [1.165, 1.54) is 6.92 Å². The Morgan fingerprint density at radius 2 is 1.67 bits per heavy atom. The normalized spacial score (nSPS) is 16.5. The highest BCUT2D eigenvalue weighted by Gasteiger charge is 2.21. The van der Waals surface area contributed by atoms with Crippen LogP contribution in [0.1, 0.15) is 17.3 Å². The van der Waals surface area contributed by atoms with Crippen LogP contribution in [0, 0.1) is 0 Å². The van der Waals surface area contributed by atoms with E-state index in [-0.39, 0.29) is 0 Å². The maximum atomic E-state index is 12.4. The molecule has 2 heterocycles. The predicted molar refractivity (Wildman–Crippen MR) is 110 cm³/mol. The Morgan fingerprint density at radius 3 is 2.40 bits per heavy atom. The fourth-order valence-electron chi connectivity index (χ4n) is 3.27. The molecular weight excluding hydrogens is 388 g/mol. The third-order valence-corrected chi connectivity index (χ3v) is 4.94. The summed E-state index contributed by atoms with van der Waals surface area (Å²) in [5.41, 5.74) is 2.02. The molecule has 0 unspecified atom stereocenters. The molecule has 1 N–H and O–H groups in total. The number of carbonyl (C=O) groups is 2. The molecule has 30 heavy (non-hydrogen) atoms. The Labute approximate surface area is 174 Å². The Morgan fingerprint density at radius 1 is 0.967 bits per heavy atom. The van der Waals surface area contributed by atoms with Crippen LogP contribution < -0.4 is 19.7 Å². The van der Waals surface area contributed by atoms with E-state index in [1.54, 1.807) is 18.2 Å². The minimum absolute atomic E-state index is 0.300. The summed E-state index contributed by atoms with van der Waals surface area (Å²) >= 11 is 0. The predicted octanol–water partition coefficient (Wildman–Crippen LogP) is 2.48. The fourth-order valence-corrected chi connectivity index (χ4v) is 3.27. The van der Waals surface area contributed by atoms with Crippen LogP contribution in [0.2, 0.25) is 0 Å². The van der Waals surface area contributed by atoms with Gasteiger partial charge in [0.05, 0.1) is 18.8 Å². The molecule has 1 fully saturated rings. The van der Waals surface area contributed by atoms with Gasteiger partial charge in [-0.25, -0.2) is 4.79 Å². The van der Waals surface area contributed by atoms with Crippen LogP contribution in [0.4, 0.5) is 11.4 Å². The van der Waals surface area contributed by atoms with Crippen molar-refractivity contribution in [2.24, 2.45) is 0 Å². The largest absolute Gasteiger partial charge is 0.486 e. The smallest absolute Gasteiger partial charge is 0.339 e. The van der Waals surface area contributed by atoms with Gasteiger partial charge in [0.25, 0.3) is 5.91 Å². The summed E-state index contributed by atoms with van der Waals surface area (Å²) in [6.45, 7) is 5.55. The molecule has 4 rings (SSSR count). The lowest BCUT2D eigenvalue weighted by Crippen LogP contribution is -2.36. The molecule has 2 aliphatic heterocycles. The van der Waals surface area contributed by atoms with Gasteiger partial charge in [-0.05, 0) is 49.4 Å². The molecule has 2 aromatic carbocycles. The van der Waals surface area contributed by atoms with Gasteiger partial charge in [0, 0.05) is 24.5 Å². The van der Waals surface area contributed by atoms with Crippen LogP contribution >= 0.6 is 0 Å². The summed E-state index contributed by atoms with van der Waals surface area (Å²) in [6.07, 6.45) is -0.954. The summed E-state index contributed by atoms with van der Waals surface area (Å²) in [5.74, 6) is 0.0783. The number of esters is 1. The van der Waals surface area contributed by atoms with E-state index in [0.717, 1.165) is 18.8 Å². The van der Waals surface area contributed by atoms with Crippen LogP contribution in [0.3, 0.4) is 0 Å². The van der Waals surface area contributed by atoms with Crippen LogP contribution in [-0.2, 0) is 14.3 Å². The molecule has 0 radical (unpaired) electrons. The highest BCUT2D eigenvalue weighted by Crippen LogP contribution is 2.31. The number of benzene rings is 2. The maximum Gasteiger partial charge on any atom is 0.339 e.